The number of aromatic nitrogens is 4. The lowest BCUT2D eigenvalue weighted by atomic mass is 10.1. The van der Waals surface area contributed by atoms with Gasteiger partial charge in [-0.1, -0.05) is 24.3 Å². The first kappa shape index (κ1) is 31.0. The second-order valence-corrected chi connectivity index (χ2v) is 11.4. The van der Waals surface area contributed by atoms with E-state index < -0.39 is 31.6 Å². The van der Waals surface area contributed by atoms with Crippen LogP contribution in [0.5, 0.6) is 0 Å². The quantitative estimate of drug-likeness (QED) is 0.157. The summed E-state index contributed by atoms with van der Waals surface area (Å²) in [5, 5.41) is 5.62. The van der Waals surface area contributed by atoms with Crippen LogP contribution in [0.2, 0.25) is 0 Å². The maximum atomic E-state index is 13.9. The van der Waals surface area contributed by atoms with Gasteiger partial charge in [0.1, 0.15) is 25.3 Å². The van der Waals surface area contributed by atoms with Crippen molar-refractivity contribution in [3.05, 3.63) is 53.0 Å². The van der Waals surface area contributed by atoms with Gasteiger partial charge in [-0.05, 0) is 44.0 Å². The van der Waals surface area contributed by atoms with Gasteiger partial charge in [0.2, 0.25) is 5.82 Å². The van der Waals surface area contributed by atoms with E-state index in [9.17, 15) is 19.1 Å². The molecule has 2 aromatic heterocycles. The molecule has 2 heterocycles. The summed E-state index contributed by atoms with van der Waals surface area (Å²) >= 11 is 0. The van der Waals surface area contributed by atoms with E-state index in [1.165, 1.54) is 26.5 Å². The maximum Gasteiger partial charge on any atom is 0.323 e. The van der Waals surface area contributed by atoms with Crippen LogP contribution < -0.4 is 5.09 Å². The summed E-state index contributed by atoms with van der Waals surface area (Å²) in [6, 6.07) is 6.14. The Morgan fingerprint density at radius 3 is 2.42 bits per heavy atom. The summed E-state index contributed by atoms with van der Waals surface area (Å²) in [7, 11) is -3.79. The Balaban J connectivity index is 1.73. The number of hydrogen-bond acceptors (Lipinski definition) is 12. The van der Waals surface area contributed by atoms with Gasteiger partial charge in [0.15, 0.2) is 11.2 Å². The van der Waals surface area contributed by atoms with Gasteiger partial charge in [-0.25, -0.2) is 20.0 Å². The third kappa shape index (κ3) is 8.71. The maximum absolute atomic E-state index is 13.9. The number of imidazole rings is 1. The largest absolute Gasteiger partial charge is 0.462 e. The zero-order chi connectivity index (χ0) is 29.3. The third-order valence-electron chi connectivity index (χ3n) is 5.52. The summed E-state index contributed by atoms with van der Waals surface area (Å²) < 4.78 is 37.7. The van der Waals surface area contributed by atoms with Crippen LogP contribution in [0.15, 0.2) is 42.1 Å². The molecule has 0 spiro atoms. The first-order chi connectivity index (χ1) is 19.0. The third-order valence-corrected chi connectivity index (χ3v) is 7.34. The average Bonchev–Trinajstić information content (AvgIpc) is 3.32. The number of rotatable bonds is 15. The van der Waals surface area contributed by atoms with Crippen LogP contribution >= 0.6 is 7.52 Å². The Hall–Kier alpha value is -3.58. The molecule has 3 aromatic rings. The van der Waals surface area contributed by atoms with Gasteiger partial charge in [0.05, 0.1) is 31.7 Å². The average molecular weight is 577 g/mol. The molecular weight excluding hydrogens is 543 g/mol. The molecule has 14 nitrogen and oxygen atoms in total. The van der Waals surface area contributed by atoms with Gasteiger partial charge < -0.3 is 23.3 Å². The van der Waals surface area contributed by atoms with E-state index in [0.717, 1.165) is 0 Å². The standard InChI is InChI=1S/C25H33N6O8P/c1-16(2)39-25(33)18(4)30-40(35,38-12-21-9-7-6-8-20(21)11-36-19(5)32)15-37-17(3)10-31-14-28-22-23(29-34)26-13-27-24(22)31/h6-9,13-14,16-18H,10-12,15H2,1-5H3,(H,30,35)/t17-,18-,40?/m1/s1. The fourth-order valence-electron chi connectivity index (χ4n) is 3.61. The van der Waals surface area contributed by atoms with Crippen molar-refractivity contribution in [2.75, 3.05) is 6.35 Å². The van der Waals surface area contributed by atoms with E-state index in [1.54, 1.807) is 49.6 Å². The number of benzene rings is 1. The van der Waals surface area contributed by atoms with Gasteiger partial charge in [-0.2, -0.15) is 0 Å². The van der Waals surface area contributed by atoms with Gasteiger partial charge in [0, 0.05) is 6.92 Å². The van der Waals surface area contributed by atoms with Crippen LogP contribution in [-0.2, 0) is 52.6 Å². The van der Waals surface area contributed by atoms with Crippen molar-refractivity contribution in [2.45, 2.75) is 72.6 Å². The Morgan fingerprint density at radius 2 is 1.77 bits per heavy atom. The molecule has 3 atom stereocenters. The summed E-state index contributed by atoms with van der Waals surface area (Å²) in [5.74, 6) is -1.10. The highest BCUT2D eigenvalue weighted by molar-refractivity contribution is 7.56. The van der Waals surface area contributed by atoms with Crippen molar-refractivity contribution in [1.82, 2.24) is 24.6 Å². The van der Waals surface area contributed by atoms with Gasteiger partial charge in [-0.3, -0.25) is 14.2 Å². The predicted octanol–water partition coefficient (Wildman–Crippen LogP) is 3.99. The van der Waals surface area contributed by atoms with E-state index in [1.807, 2.05) is 0 Å². The molecule has 0 fully saturated rings. The molecule has 0 saturated heterocycles. The summed E-state index contributed by atoms with van der Waals surface area (Å²) in [6.45, 7) is 8.19. The molecule has 0 aliphatic carbocycles. The van der Waals surface area contributed by atoms with E-state index in [2.05, 4.69) is 25.2 Å². The van der Waals surface area contributed by atoms with Crippen molar-refractivity contribution in [2.24, 2.45) is 5.18 Å². The zero-order valence-electron chi connectivity index (χ0n) is 23.0. The zero-order valence-corrected chi connectivity index (χ0v) is 23.9. The van der Waals surface area contributed by atoms with Crippen molar-refractivity contribution in [3.63, 3.8) is 0 Å². The van der Waals surface area contributed by atoms with Crippen LogP contribution in [0.4, 0.5) is 5.82 Å². The van der Waals surface area contributed by atoms with Crippen LogP contribution in [0.3, 0.4) is 0 Å². The lowest BCUT2D eigenvalue weighted by Gasteiger charge is -2.25. The number of carbonyl (C=O) groups is 2. The Bertz CT molecular complexity index is 1380. The van der Waals surface area contributed by atoms with Crippen molar-refractivity contribution in [1.29, 1.82) is 0 Å². The number of nitrogens with one attached hydrogen (secondary N) is 1. The number of esters is 2. The molecule has 40 heavy (non-hydrogen) atoms. The van der Waals surface area contributed by atoms with Gasteiger partial charge in [0.25, 0.3) is 7.52 Å². The highest BCUT2D eigenvalue weighted by Gasteiger charge is 2.31. The monoisotopic (exact) mass is 576 g/mol. The first-order valence-electron chi connectivity index (χ1n) is 12.5. The van der Waals surface area contributed by atoms with Gasteiger partial charge >= 0.3 is 11.9 Å². The molecule has 1 N–H and O–H groups in total. The van der Waals surface area contributed by atoms with E-state index in [4.69, 9.17) is 18.7 Å². The lowest BCUT2D eigenvalue weighted by Crippen LogP contribution is -2.36. The number of ether oxygens (including phenoxy) is 3. The van der Waals surface area contributed by atoms with Crippen molar-refractivity contribution < 1.29 is 32.9 Å². The second kappa shape index (κ2) is 14.2. The van der Waals surface area contributed by atoms with Crippen LogP contribution in [0.25, 0.3) is 11.2 Å². The van der Waals surface area contributed by atoms with Gasteiger partial charge in [-0.15, -0.1) is 4.91 Å². The summed E-state index contributed by atoms with van der Waals surface area (Å²) in [5.41, 5.74) is 1.99. The highest BCUT2D eigenvalue weighted by Crippen LogP contribution is 2.44. The minimum Gasteiger partial charge on any atom is -0.462 e. The molecule has 15 heteroatoms. The van der Waals surface area contributed by atoms with Crippen molar-refractivity contribution >= 4 is 36.4 Å². The smallest absolute Gasteiger partial charge is 0.323 e. The predicted molar refractivity (Wildman–Crippen MR) is 144 cm³/mol. The molecule has 3 rings (SSSR count). The minimum absolute atomic E-state index is 0.0288. The van der Waals surface area contributed by atoms with Crippen LogP contribution in [-0.4, -0.2) is 56.1 Å². The molecule has 216 valence electrons. The molecule has 0 radical (unpaired) electrons. The molecule has 1 aromatic carbocycles. The molecule has 0 bridgehead atoms. The number of nitrogens with zero attached hydrogens (tertiary/aromatic N) is 5. The molecular formula is C25H33N6O8P. The number of nitroso groups, excluding NO2 is 1. The fraction of sp³-hybridized carbons (Fsp3) is 0.480. The Labute approximate surface area is 231 Å². The Morgan fingerprint density at radius 1 is 1.07 bits per heavy atom. The molecule has 0 amide bonds. The van der Waals surface area contributed by atoms with E-state index >= 15 is 0 Å². The number of carbonyl (C=O) groups excluding carboxylic acids is 2. The highest BCUT2D eigenvalue weighted by atomic mass is 31.2. The second-order valence-electron chi connectivity index (χ2n) is 9.30. The van der Waals surface area contributed by atoms with Crippen molar-refractivity contribution in [3.8, 4) is 0 Å². The SMILES string of the molecule is CC(=O)OCc1ccccc1COP(=O)(CO[C@H](C)Cn1cnc2c(N=O)ncnc21)N[C@H](C)C(=O)OC(C)C. The molecule has 0 aliphatic heterocycles. The molecule has 0 aliphatic rings. The number of hydrogen-bond donors (Lipinski definition) is 1. The Kier molecular flexibility index (Phi) is 11.0. The van der Waals surface area contributed by atoms with Crippen LogP contribution in [0, 0.1) is 4.91 Å². The topological polar surface area (TPSA) is 173 Å². The lowest BCUT2D eigenvalue weighted by molar-refractivity contribution is -0.149. The number of fused-ring (bicyclic) bond motifs is 1. The fourth-order valence-corrected chi connectivity index (χ4v) is 5.33. The molecule has 0 saturated carbocycles. The van der Waals surface area contributed by atoms with E-state index in [-0.39, 0.29) is 43.5 Å². The first-order valence-corrected chi connectivity index (χ1v) is 14.3. The molecule has 1 unspecified atom stereocenters. The van der Waals surface area contributed by atoms with E-state index in [0.29, 0.717) is 16.8 Å². The van der Waals surface area contributed by atoms with Crippen LogP contribution in [0.1, 0.15) is 45.7 Å². The minimum atomic E-state index is -3.79. The summed E-state index contributed by atoms with van der Waals surface area (Å²) in [4.78, 5) is 46.8. The normalized spacial score (nSPS) is 14.4. The summed E-state index contributed by atoms with van der Waals surface area (Å²) in [6.07, 6.45) is 1.46.